The molecule has 0 aromatic heterocycles. The quantitative estimate of drug-likeness (QED) is 0.707. The van der Waals surface area contributed by atoms with Crippen LogP contribution in [-0.4, -0.2) is 0 Å². The molecular weight excluding hydrogens is 203 g/mol. The first-order chi connectivity index (χ1) is 7.61. The van der Waals surface area contributed by atoms with Gasteiger partial charge in [0.2, 0.25) is 0 Å². The zero-order valence-corrected chi connectivity index (χ0v) is 8.84. The lowest BCUT2D eigenvalue weighted by atomic mass is 9.99. The fourth-order valence-electron chi connectivity index (χ4n) is 2.38. The molecular formula is C13H11FN2. The molecule has 3 heteroatoms. The molecule has 16 heavy (non-hydrogen) atoms. The van der Waals surface area contributed by atoms with Crippen LogP contribution in [0.15, 0.2) is 24.3 Å². The summed E-state index contributed by atoms with van der Waals surface area (Å²) in [4.78, 5) is 0. The van der Waals surface area contributed by atoms with Crippen molar-refractivity contribution in [1.29, 1.82) is 0 Å². The van der Waals surface area contributed by atoms with E-state index in [0.29, 0.717) is 17.0 Å². The number of aryl methyl sites for hydroxylation is 1. The third-order valence-electron chi connectivity index (χ3n) is 3.17. The van der Waals surface area contributed by atoms with Crippen LogP contribution in [0.5, 0.6) is 0 Å². The number of hydrogen-bond acceptors (Lipinski definition) is 2. The first kappa shape index (κ1) is 9.21. The normalized spacial score (nSPS) is 13.9. The number of nitrogens with two attached hydrogens (primary N) is 2. The van der Waals surface area contributed by atoms with Crippen LogP contribution in [0.4, 0.5) is 4.39 Å². The summed E-state index contributed by atoms with van der Waals surface area (Å²) in [5.74, 6) is -0.296. The Morgan fingerprint density at radius 1 is 1.12 bits per heavy atom. The van der Waals surface area contributed by atoms with Crippen LogP contribution in [0.2, 0.25) is 0 Å². The van der Waals surface area contributed by atoms with Crippen LogP contribution >= 0.6 is 0 Å². The number of hydrogen-bond donors (Lipinski definition) is 2. The molecule has 0 fully saturated rings. The van der Waals surface area contributed by atoms with Gasteiger partial charge in [0.05, 0.1) is 11.4 Å². The molecule has 0 aliphatic heterocycles. The monoisotopic (exact) mass is 214 g/mol. The molecule has 4 N–H and O–H groups in total. The zero-order chi connectivity index (χ0) is 11.4. The van der Waals surface area contributed by atoms with Crippen molar-refractivity contribution in [2.24, 2.45) is 11.5 Å². The highest BCUT2D eigenvalue weighted by atomic mass is 19.1. The molecule has 0 heterocycles. The Balaban J connectivity index is 2.62. The van der Waals surface area contributed by atoms with E-state index >= 15 is 0 Å². The molecule has 2 aromatic rings. The Bertz CT molecular complexity index is 657. The first-order valence-electron chi connectivity index (χ1n) is 5.09. The van der Waals surface area contributed by atoms with E-state index in [1.54, 1.807) is 0 Å². The second-order valence-corrected chi connectivity index (χ2v) is 4.11. The second-order valence-electron chi connectivity index (χ2n) is 4.11. The van der Waals surface area contributed by atoms with Gasteiger partial charge in [-0.05, 0) is 23.9 Å². The van der Waals surface area contributed by atoms with Crippen LogP contribution in [0.3, 0.4) is 0 Å². The molecule has 1 aliphatic rings. The van der Waals surface area contributed by atoms with Gasteiger partial charge in [-0.25, -0.2) is 4.39 Å². The Hall–Kier alpha value is -2.03. The van der Waals surface area contributed by atoms with Crippen molar-refractivity contribution in [3.05, 3.63) is 46.8 Å². The molecule has 0 radical (unpaired) electrons. The van der Waals surface area contributed by atoms with Gasteiger partial charge in [-0.15, -0.1) is 0 Å². The smallest absolute Gasteiger partial charge is 0.133 e. The Kier molecular flexibility index (Phi) is 1.59. The molecule has 0 bridgehead atoms. The maximum atomic E-state index is 13.9. The highest BCUT2D eigenvalue weighted by molar-refractivity contribution is 6.13. The minimum Gasteiger partial charge on any atom is -0.397 e. The summed E-state index contributed by atoms with van der Waals surface area (Å²) in [5.41, 5.74) is 14.8. The van der Waals surface area contributed by atoms with Gasteiger partial charge in [0, 0.05) is 16.5 Å². The molecule has 2 aromatic carbocycles. The van der Waals surface area contributed by atoms with E-state index in [2.05, 4.69) is 0 Å². The molecule has 0 saturated carbocycles. The van der Waals surface area contributed by atoms with Crippen LogP contribution in [0.1, 0.15) is 16.7 Å². The van der Waals surface area contributed by atoms with Gasteiger partial charge in [0.25, 0.3) is 0 Å². The first-order valence-corrected chi connectivity index (χ1v) is 5.09. The SMILES string of the molecule is Cc1cc(F)c2c3c(cccc13)C(N)=C2N. The summed E-state index contributed by atoms with van der Waals surface area (Å²) in [6.45, 7) is 1.89. The fraction of sp³-hybridized carbons (Fsp3) is 0.0769. The van der Waals surface area contributed by atoms with Crippen molar-refractivity contribution < 1.29 is 4.39 Å². The maximum Gasteiger partial charge on any atom is 0.133 e. The van der Waals surface area contributed by atoms with Gasteiger partial charge in [-0.1, -0.05) is 18.2 Å². The van der Waals surface area contributed by atoms with E-state index in [-0.39, 0.29) is 5.82 Å². The lowest BCUT2D eigenvalue weighted by Crippen LogP contribution is -2.03. The number of rotatable bonds is 0. The number of benzene rings is 2. The van der Waals surface area contributed by atoms with Crippen LogP contribution in [0, 0.1) is 12.7 Å². The van der Waals surface area contributed by atoms with Crippen LogP contribution in [-0.2, 0) is 0 Å². The zero-order valence-electron chi connectivity index (χ0n) is 8.84. The number of halogens is 1. The highest BCUT2D eigenvalue weighted by Crippen LogP contribution is 2.39. The lowest BCUT2D eigenvalue weighted by Gasteiger charge is -2.07. The molecule has 0 amide bonds. The van der Waals surface area contributed by atoms with E-state index in [0.717, 1.165) is 21.9 Å². The molecule has 80 valence electrons. The van der Waals surface area contributed by atoms with Crippen LogP contribution < -0.4 is 11.5 Å². The van der Waals surface area contributed by atoms with Crippen molar-refractivity contribution in [3.63, 3.8) is 0 Å². The van der Waals surface area contributed by atoms with Crippen molar-refractivity contribution in [2.45, 2.75) is 6.92 Å². The van der Waals surface area contributed by atoms with E-state index in [1.807, 2.05) is 25.1 Å². The fourth-order valence-corrected chi connectivity index (χ4v) is 2.38. The largest absolute Gasteiger partial charge is 0.397 e. The van der Waals surface area contributed by atoms with Gasteiger partial charge in [0.1, 0.15) is 5.82 Å². The summed E-state index contributed by atoms with van der Waals surface area (Å²) in [6, 6.07) is 7.26. The average molecular weight is 214 g/mol. The highest BCUT2D eigenvalue weighted by Gasteiger charge is 2.24. The minimum absolute atomic E-state index is 0.296. The summed E-state index contributed by atoms with van der Waals surface area (Å²) < 4.78 is 13.9. The molecule has 1 aliphatic carbocycles. The summed E-state index contributed by atoms with van der Waals surface area (Å²) in [6.07, 6.45) is 0. The Morgan fingerprint density at radius 2 is 1.88 bits per heavy atom. The van der Waals surface area contributed by atoms with Gasteiger partial charge in [-0.2, -0.15) is 0 Å². The average Bonchev–Trinajstić information content (AvgIpc) is 2.51. The molecule has 3 rings (SSSR count). The van der Waals surface area contributed by atoms with Crippen LogP contribution in [0.25, 0.3) is 22.2 Å². The maximum absolute atomic E-state index is 13.9. The lowest BCUT2D eigenvalue weighted by molar-refractivity contribution is 0.625. The molecule has 0 unspecified atom stereocenters. The Morgan fingerprint density at radius 3 is 2.62 bits per heavy atom. The van der Waals surface area contributed by atoms with E-state index in [4.69, 9.17) is 11.5 Å². The van der Waals surface area contributed by atoms with Crippen molar-refractivity contribution in [2.75, 3.05) is 0 Å². The van der Waals surface area contributed by atoms with Crippen molar-refractivity contribution >= 4 is 22.2 Å². The predicted molar refractivity (Wildman–Crippen MR) is 63.8 cm³/mol. The molecule has 0 spiro atoms. The van der Waals surface area contributed by atoms with Gasteiger partial charge >= 0.3 is 0 Å². The van der Waals surface area contributed by atoms with Crippen molar-refractivity contribution in [3.8, 4) is 0 Å². The third-order valence-corrected chi connectivity index (χ3v) is 3.17. The van der Waals surface area contributed by atoms with E-state index in [9.17, 15) is 4.39 Å². The summed E-state index contributed by atoms with van der Waals surface area (Å²) in [7, 11) is 0. The molecule has 0 atom stereocenters. The van der Waals surface area contributed by atoms with E-state index < -0.39 is 0 Å². The summed E-state index contributed by atoms with van der Waals surface area (Å²) in [5, 5.41) is 1.85. The van der Waals surface area contributed by atoms with Gasteiger partial charge in [-0.3, -0.25) is 0 Å². The summed E-state index contributed by atoms with van der Waals surface area (Å²) >= 11 is 0. The standard InChI is InChI=1S/C13H11FN2/c1-6-5-9(14)11-10-7(6)3-2-4-8(10)12(15)13(11)16/h2-5H,15-16H2,1H3. The van der Waals surface area contributed by atoms with Gasteiger partial charge < -0.3 is 11.5 Å². The molecule has 0 saturated heterocycles. The molecule has 2 nitrogen and oxygen atoms in total. The van der Waals surface area contributed by atoms with Crippen molar-refractivity contribution in [1.82, 2.24) is 0 Å². The van der Waals surface area contributed by atoms with Gasteiger partial charge in [0.15, 0.2) is 0 Å². The minimum atomic E-state index is -0.296. The third kappa shape index (κ3) is 0.902. The second kappa shape index (κ2) is 2.76. The van der Waals surface area contributed by atoms with E-state index in [1.165, 1.54) is 6.07 Å². The topological polar surface area (TPSA) is 52.0 Å². The Labute approximate surface area is 92.4 Å². The predicted octanol–water partition coefficient (Wildman–Crippen LogP) is 2.34.